The average Bonchev–Trinajstić information content (AvgIpc) is 2.38. The van der Waals surface area contributed by atoms with E-state index in [0.29, 0.717) is 30.8 Å². The Hall–Kier alpha value is -2.08. The second-order valence-electron chi connectivity index (χ2n) is 5.46. The standard InChI is InChI=1S/C15H23N3O3/c1-4-21-14(20)18-12-7-5-11(6-8-12)17-13(19)9-10-15(2,3)16/h5-8H,4,9-10,16H2,1-3H3,(H,17,19)(H,18,20). The highest BCUT2D eigenvalue weighted by Gasteiger charge is 2.13. The second-order valence-corrected chi connectivity index (χ2v) is 5.46. The summed E-state index contributed by atoms with van der Waals surface area (Å²) in [6.07, 6.45) is 0.479. The van der Waals surface area contributed by atoms with Crippen LogP contribution in [0.4, 0.5) is 16.2 Å². The molecule has 0 bridgehead atoms. The molecule has 0 saturated carbocycles. The van der Waals surface area contributed by atoms with Gasteiger partial charge in [-0.3, -0.25) is 10.1 Å². The van der Waals surface area contributed by atoms with E-state index in [-0.39, 0.29) is 11.4 Å². The zero-order valence-electron chi connectivity index (χ0n) is 12.7. The van der Waals surface area contributed by atoms with Crippen LogP contribution in [0.25, 0.3) is 0 Å². The highest BCUT2D eigenvalue weighted by molar-refractivity contribution is 5.91. The van der Waals surface area contributed by atoms with Gasteiger partial charge in [-0.15, -0.1) is 0 Å². The maximum Gasteiger partial charge on any atom is 0.411 e. The molecule has 0 atom stereocenters. The molecule has 2 amide bonds. The second kappa shape index (κ2) is 7.64. The van der Waals surface area contributed by atoms with Crippen LogP contribution in [0.5, 0.6) is 0 Å². The number of benzene rings is 1. The molecule has 0 aromatic heterocycles. The van der Waals surface area contributed by atoms with Crippen molar-refractivity contribution in [3.63, 3.8) is 0 Å². The van der Waals surface area contributed by atoms with Gasteiger partial charge in [-0.05, 0) is 51.5 Å². The molecule has 0 saturated heterocycles. The minimum atomic E-state index is -0.500. The quantitative estimate of drug-likeness (QED) is 0.751. The molecule has 0 aliphatic heterocycles. The van der Waals surface area contributed by atoms with Crippen molar-refractivity contribution in [2.45, 2.75) is 39.2 Å². The van der Waals surface area contributed by atoms with Crippen LogP contribution in [0, 0.1) is 0 Å². The Kier molecular flexibility index (Phi) is 6.17. The summed E-state index contributed by atoms with van der Waals surface area (Å²) < 4.78 is 4.77. The minimum absolute atomic E-state index is 0.0837. The third-order valence-electron chi connectivity index (χ3n) is 2.69. The number of carbonyl (C=O) groups is 2. The molecule has 0 aliphatic carbocycles. The lowest BCUT2D eigenvalue weighted by Gasteiger charge is -2.17. The van der Waals surface area contributed by atoms with Crippen molar-refractivity contribution in [3.8, 4) is 0 Å². The molecule has 0 spiro atoms. The lowest BCUT2D eigenvalue weighted by atomic mass is 10.00. The van der Waals surface area contributed by atoms with Crippen molar-refractivity contribution in [2.24, 2.45) is 5.73 Å². The van der Waals surface area contributed by atoms with Crippen LogP contribution in [0.1, 0.15) is 33.6 Å². The molecular weight excluding hydrogens is 270 g/mol. The van der Waals surface area contributed by atoms with Crippen LogP contribution >= 0.6 is 0 Å². The van der Waals surface area contributed by atoms with Crippen LogP contribution in [0.15, 0.2) is 24.3 Å². The van der Waals surface area contributed by atoms with E-state index in [1.807, 2.05) is 13.8 Å². The van der Waals surface area contributed by atoms with Crippen LogP contribution in [-0.2, 0) is 9.53 Å². The van der Waals surface area contributed by atoms with Gasteiger partial charge in [-0.2, -0.15) is 0 Å². The van der Waals surface area contributed by atoms with Crippen LogP contribution < -0.4 is 16.4 Å². The Labute approximate surface area is 125 Å². The van der Waals surface area contributed by atoms with Gasteiger partial charge < -0.3 is 15.8 Å². The summed E-state index contributed by atoms with van der Waals surface area (Å²) in [7, 11) is 0. The first kappa shape index (κ1) is 17.0. The fourth-order valence-electron chi connectivity index (χ4n) is 1.58. The summed E-state index contributed by atoms with van der Waals surface area (Å²) in [5.41, 5.74) is 6.76. The van der Waals surface area contributed by atoms with Crippen LogP contribution in [-0.4, -0.2) is 24.1 Å². The maximum absolute atomic E-state index is 11.8. The van der Waals surface area contributed by atoms with Crippen molar-refractivity contribution in [1.29, 1.82) is 0 Å². The van der Waals surface area contributed by atoms with E-state index in [2.05, 4.69) is 10.6 Å². The summed E-state index contributed by atoms with van der Waals surface area (Å²) in [5, 5.41) is 5.36. The molecule has 0 unspecified atom stereocenters. The Morgan fingerprint density at radius 2 is 1.67 bits per heavy atom. The van der Waals surface area contributed by atoms with E-state index in [0.717, 1.165) is 0 Å². The van der Waals surface area contributed by atoms with Gasteiger partial charge in [0.05, 0.1) is 6.61 Å². The molecule has 0 heterocycles. The predicted molar refractivity (Wildman–Crippen MR) is 83.2 cm³/mol. The first-order chi connectivity index (χ1) is 9.80. The van der Waals surface area contributed by atoms with Crippen molar-refractivity contribution in [2.75, 3.05) is 17.2 Å². The summed E-state index contributed by atoms with van der Waals surface area (Å²) in [6, 6.07) is 6.82. The SMILES string of the molecule is CCOC(=O)Nc1ccc(NC(=O)CCC(C)(C)N)cc1. The molecule has 6 nitrogen and oxygen atoms in total. The number of amides is 2. The van der Waals surface area contributed by atoms with Crippen LogP contribution in [0.3, 0.4) is 0 Å². The largest absolute Gasteiger partial charge is 0.450 e. The van der Waals surface area contributed by atoms with Crippen molar-refractivity contribution < 1.29 is 14.3 Å². The van der Waals surface area contributed by atoms with E-state index in [1.165, 1.54) is 0 Å². The van der Waals surface area contributed by atoms with Crippen molar-refractivity contribution >= 4 is 23.4 Å². The molecule has 0 aliphatic rings. The predicted octanol–water partition coefficient (Wildman–Crippen LogP) is 2.71. The van der Waals surface area contributed by atoms with Gasteiger partial charge in [0.2, 0.25) is 5.91 Å². The Morgan fingerprint density at radius 1 is 1.14 bits per heavy atom. The number of nitrogens with one attached hydrogen (secondary N) is 2. The normalized spacial score (nSPS) is 10.9. The van der Waals surface area contributed by atoms with Crippen molar-refractivity contribution in [3.05, 3.63) is 24.3 Å². The summed E-state index contributed by atoms with van der Waals surface area (Å²) in [4.78, 5) is 23.0. The fourth-order valence-corrected chi connectivity index (χ4v) is 1.58. The summed E-state index contributed by atoms with van der Waals surface area (Å²) >= 11 is 0. The Bertz CT molecular complexity index is 478. The summed E-state index contributed by atoms with van der Waals surface area (Å²) in [6.45, 7) is 5.82. The fraction of sp³-hybridized carbons (Fsp3) is 0.467. The Morgan fingerprint density at radius 3 is 2.14 bits per heavy atom. The highest BCUT2D eigenvalue weighted by Crippen LogP contribution is 2.15. The first-order valence-electron chi connectivity index (χ1n) is 6.93. The van der Waals surface area contributed by atoms with E-state index in [9.17, 15) is 9.59 Å². The van der Waals surface area contributed by atoms with Gasteiger partial charge in [0.25, 0.3) is 0 Å². The molecule has 0 radical (unpaired) electrons. The third kappa shape index (κ3) is 7.31. The van der Waals surface area contributed by atoms with E-state index < -0.39 is 6.09 Å². The number of hydrogen-bond acceptors (Lipinski definition) is 4. The minimum Gasteiger partial charge on any atom is -0.450 e. The lowest BCUT2D eigenvalue weighted by molar-refractivity contribution is -0.116. The van der Waals surface area contributed by atoms with E-state index in [4.69, 9.17) is 10.5 Å². The summed E-state index contributed by atoms with van der Waals surface area (Å²) in [5.74, 6) is -0.0837. The zero-order chi connectivity index (χ0) is 15.9. The Balaban J connectivity index is 2.47. The molecule has 4 N–H and O–H groups in total. The smallest absolute Gasteiger partial charge is 0.411 e. The molecule has 1 aromatic rings. The zero-order valence-corrected chi connectivity index (χ0v) is 12.7. The average molecular weight is 293 g/mol. The molecule has 6 heteroatoms. The third-order valence-corrected chi connectivity index (χ3v) is 2.69. The first-order valence-corrected chi connectivity index (χ1v) is 6.93. The number of nitrogens with two attached hydrogens (primary N) is 1. The molecule has 1 aromatic carbocycles. The monoisotopic (exact) mass is 293 g/mol. The topological polar surface area (TPSA) is 93.5 Å². The number of anilines is 2. The van der Waals surface area contributed by atoms with E-state index >= 15 is 0 Å². The maximum atomic E-state index is 11.8. The van der Waals surface area contributed by atoms with Gasteiger partial charge in [-0.1, -0.05) is 0 Å². The van der Waals surface area contributed by atoms with Crippen LogP contribution in [0.2, 0.25) is 0 Å². The van der Waals surface area contributed by atoms with Gasteiger partial charge in [0, 0.05) is 23.3 Å². The molecule has 21 heavy (non-hydrogen) atoms. The highest BCUT2D eigenvalue weighted by atomic mass is 16.5. The molecule has 1 rings (SSSR count). The van der Waals surface area contributed by atoms with Gasteiger partial charge in [0.1, 0.15) is 0 Å². The van der Waals surface area contributed by atoms with E-state index in [1.54, 1.807) is 31.2 Å². The number of ether oxygens (including phenoxy) is 1. The molecule has 116 valence electrons. The number of carbonyl (C=O) groups excluding carboxylic acids is 2. The van der Waals surface area contributed by atoms with Gasteiger partial charge in [0.15, 0.2) is 0 Å². The number of rotatable bonds is 6. The number of hydrogen-bond donors (Lipinski definition) is 3. The molecule has 0 fully saturated rings. The van der Waals surface area contributed by atoms with Gasteiger partial charge in [-0.25, -0.2) is 4.79 Å². The lowest BCUT2D eigenvalue weighted by Crippen LogP contribution is -2.33. The molecular formula is C15H23N3O3. The van der Waals surface area contributed by atoms with Crippen molar-refractivity contribution in [1.82, 2.24) is 0 Å². The van der Waals surface area contributed by atoms with Gasteiger partial charge >= 0.3 is 6.09 Å².